The number of nitrogens with zero attached hydrogens (tertiary/aromatic N) is 3. The topological polar surface area (TPSA) is 113 Å². The van der Waals surface area contributed by atoms with Crippen LogP contribution < -0.4 is 5.32 Å². The summed E-state index contributed by atoms with van der Waals surface area (Å²) in [6.07, 6.45) is 0. The maximum Gasteiger partial charge on any atom is 0.333 e. The van der Waals surface area contributed by atoms with Crippen molar-refractivity contribution in [2.45, 2.75) is 19.4 Å². The Hall–Kier alpha value is -1.67. The van der Waals surface area contributed by atoms with Gasteiger partial charge in [-0.2, -0.15) is 5.10 Å². The Kier molecular flexibility index (Phi) is 3.69. The first-order valence-electron chi connectivity index (χ1n) is 5.03. The number of aliphatic hydroxyl groups is 2. The van der Waals surface area contributed by atoms with Crippen LogP contribution in [-0.4, -0.2) is 43.7 Å². The average molecular weight is 244 g/mol. The minimum atomic E-state index is -1.34. The number of nitro groups is 1. The molecule has 0 aliphatic rings. The lowest BCUT2D eigenvalue weighted by molar-refractivity contribution is -0.384. The first-order chi connectivity index (χ1) is 7.78. The Morgan fingerprint density at radius 1 is 1.65 bits per heavy atom. The van der Waals surface area contributed by atoms with Crippen LogP contribution in [0.3, 0.4) is 0 Å². The third-order valence-electron chi connectivity index (χ3n) is 2.35. The molecule has 0 radical (unpaired) electrons. The van der Waals surface area contributed by atoms with E-state index in [0.717, 1.165) is 0 Å². The zero-order chi connectivity index (χ0) is 13.2. The van der Waals surface area contributed by atoms with Crippen LogP contribution in [-0.2, 0) is 7.05 Å². The van der Waals surface area contributed by atoms with Crippen molar-refractivity contribution in [1.29, 1.82) is 0 Å². The monoisotopic (exact) mass is 244 g/mol. The second-order valence-electron chi connectivity index (χ2n) is 4.17. The fourth-order valence-corrected chi connectivity index (χ4v) is 1.39. The summed E-state index contributed by atoms with van der Waals surface area (Å²) in [5.41, 5.74) is -1.17. The average Bonchev–Trinajstić information content (AvgIpc) is 2.50. The highest BCUT2D eigenvalue weighted by atomic mass is 16.6. The van der Waals surface area contributed by atoms with E-state index >= 15 is 0 Å². The normalized spacial score (nSPS) is 14.4. The van der Waals surface area contributed by atoms with E-state index in [2.05, 4.69) is 10.4 Å². The predicted molar refractivity (Wildman–Crippen MR) is 60.8 cm³/mol. The minimum absolute atomic E-state index is 0.0106. The summed E-state index contributed by atoms with van der Waals surface area (Å²) in [4.78, 5) is 10.3. The number of nitrogens with one attached hydrogen (secondary N) is 1. The first kappa shape index (κ1) is 13.4. The van der Waals surface area contributed by atoms with E-state index in [9.17, 15) is 15.2 Å². The molecule has 0 aliphatic heterocycles. The third-order valence-corrected chi connectivity index (χ3v) is 2.35. The van der Waals surface area contributed by atoms with Crippen molar-refractivity contribution in [3.8, 4) is 0 Å². The van der Waals surface area contributed by atoms with Gasteiger partial charge in [-0.3, -0.25) is 10.1 Å². The summed E-state index contributed by atoms with van der Waals surface area (Å²) in [7, 11) is 1.57. The van der Waals surface area contributed by atoms with Gasteiger partial charge in [0.05, 0.1) is 11.5 Å². The molecule has 8 heteroatoms. The van der Waals surface area contributed by atoms with Crippen LogP contribution in [0.1, 0.15) is 12.6 Å². The van der Waals surface area contributed by atoms with E-state index in [4.69, 9.17) is 5.11 Å². The fraction of sp³-hybridized carbons (Fsp3) is 0.667. The van der Waals surface area contributed by atoms with Gasteiger partial charge in [0.15, 0.2) is 0 Å². The molecule has 1 atom stereocenters. The zero-order valence-electron chi connectivity index (χ0n) is 9.97. The second-order valence-corrected chi connectivity index (χ2v) is 4.17. The van der Waals surface area contributed by atoms with E-state index in [0.29, 0.717) is 5.69 Å². The quantitative estimate of drug-likeness (QED) is 0.488. The van der Waals surface area contributed by atoms with Gasteiger partial charge in [0.2, 0.25) is 5.82 Å². The van der Waals surface area contributed by atoms with Gasteiger partial charge in [-0.25, -0.2) is 4.68 Å². The molecule has 1 heterocycles. The molecule has 17 heavy (non-hydrogen) atoms. The van der Waals surface area contributed by atoms with Crippen LogP contribution in [0.2, 0.25) is 0 Å². The van der Waals surface area contributed by atoms with Crippen LogP contribution in [0.4, 0.5) is 11.5 Å². The Morgan fingerprint density at radius 3 is 2.71 bits per heavy atom. The van der Waals surface area contributed by atoms with Gasteiger partial charge < -0.3 is 15.5 Å². The SMILES string of the molecule is Cc1nn(C)c(NCC(C)(O)CO)c1[N+](=O)[O-]. The fourth-order valence-electron chi connectivity index (χ4n) is 1.39. The molecule has 0 fully saturated rings. The molecule has 0 spiro atoms. The van der Waals surface area contributed by atoms with E-state index in [-0.39, 0.29) is 18.1 Å². The summed E-state index contributed by atoms with van der Waals surface area (Å²) >= 11 is 0. The molecule has 8 nitrogen and oxygen atoms in total. The largest absolute Gasteiger partial charge is 0.393 e. The van der Waals surface area contributed by atoms with E-state index in [1.165, 1.54) is 18.5 Å². The van der Waals surface area contributed by atoms with Crippen LogP contribution in [0.5, 0.6) is 0 Å². The van der Waals surface area contributed by atoms with Gasteiger partial charge in [0.25, 0.3) is 0 Å². The van der Waals surface area contributed by atoms with Crippen molar-refractivity contribution in [2.24, 2.45) is 7.05 Å². The van der Waals surface area contributed by atoms with Gasteiger partial charge in [-0.15, -0.1) is 0 Å². The standard InChI is InChI=1S/C9H16N4O4/c1-6-7(13(16)17)8(12(3)11-6)10-4-9(2,15)5-14/h10,14-15H,4-5H2,1-3H3. The van der Waals surface area contributed by atoms with E-state index < -0.39 is 17.1 Å². The summed E-state index contributed by atoms with van der Waals surface area (Å²) in [5.74, 6) is 0.209. The number of hydrogen-bond donors (Lipinski definition) is 3. The highest BCUT2D eigenvalue weighted by Crippen LogP contribution is 2.27. The maximum absolute atomic E-state index is 10.9. The van der Waals surface area contributed by atoms with Gasteiger partial charge in [0, 0.05) is 13.6 Å². The van der Waals surface area contributed by atoms with Gasteiger partial charge in [-0.1, -0.05) is 0 Å². The molecule has 0 bridgehead atoms. The molecule has 0 saturated heterocycles. The third kappa shape index (κ3) is 2.92. The molecular formula is C9H16N4O4. The van der Waals surface area contributed by atoms with Crippen LogP contribution in [0, 0.1) is 17.0 Å². The zero-order valence-corrected chi connectivity index (χ0v) is 9.97. The molecule has 1 aromatic rings. The Bertz CT molecular complexity index is 427. The molecule has 1 rings (SSSR count). The summed E-state index contributed by atoms with van der Waals surface area (Å²) in [6.45, 7) is 2.51. The van der Waals surface area contributed by atoms with Crippen LogP contribution in [0.25, 0.3) is 0 Å². The number of aryl methyl sites for hydroxylation is 2. The molecule has 1 aromatic heterocycles. The molecule has 1 unspecified atom stereocenters. The van der Waals surface area contributed by atoms with Crippen molar-refractivity contribution >= 4 is 11.5 Å². The van der Waals surface area contributed by atoms with Gasteiger partial charge >= 0.3 is 5.69 Å². The predicted octanol–water partition coefficient (Wildman–Crippen LogP) is -0.208. The Labute approximate surface area is 98.0 Å². The molecule has 96 valence electrons. The molecule has 0 aliphatic carbocycles. The lowest BCUT2D eigenvalue weighted by Gasteiger charge is -2.20. The number of hydrogen-bond acceptors (Lipinski definition) is 6. The van der Waals surface area contributed by atoms with E-state index in [1.54, 1.807) is 7.05 Å². The van der Waals surface area contributed by atoms with Crippen molar-refractivity contribution in [2.75, 3.05) is 18.5 Å². The molecular weight excluding hydrogens is 228 g/mol. The number of aromatic nitrogens is 2. The maximum atomic E-state index is 10.9. The van der Waals surface area contributed by atoms with Crippen molar-refractivity contribution in [3.05, 3.63) is 15.8 Å². The number of rotatable bonds is 5. The number of aliphatic hydroxyl groups excluding tert-OH is 1. The van der Waals surface area contributed by atoms with Crippen molar-refractivity contribution < 1.29 is 15.1 Å². The smallest absolute Gasteiger partial charge is 0.333 e. The van der Waals surface area contributed by atoms with Crippen LogP contribution in [0.15, 0.2) is 0 Å². The Balaban J connectivity index is 2.95. The van der Waals surface area contributed by atoms with Gasteiger partial charge in [0.1, 0.15) is 11.3 Å². The lowest BCUT2D eigenvalue weighted by atomic mass is 10.1. The van der Waals surface area contributed by atoms with Crippen LogP contribution >= 0.6 is 0 Å². The summed E-state index contributed by atoms with van der Waals surface area (Å²) in [5, 5.41) is 36.0. The molecule has 3 N–H and O–H groups in total. The highest BCUT2D eigenvalue weighted by molar-refractivity contribution is 5.59. The molecule has 0 aromatic carbocycles. The molecule has 0 amide bonds. The van der Waals surface area contributed by atoms with E-state index in [1.807, 2.05) is 0 Å². The lowest BCUT2D eigenvalue weighted by Crippen LogP contribution is -2.37. The second kappa shape index (κ2) is 4.68. The van der Waals surface area contributed by atoms with Crippen molar-refractivity contribution in [1.82, 2.24) is 9.78 Å². The number of anilines is 1. The van der Waals surface area contributed by atoms with Gasteiger partial charge in [-0.05, 0) is 13.8 Å². The Morgan fingerprint density at radius 2 is 2.24 bits per heavy atom. The summed E-state index contributed by atoms with van der Waals surface area (Å²) < 4.78 is 1.33. The molecule has 0 saturated carbocycles. The highest BCUT2D eigenvalue weighted by Gasteiger charge is 2.26. The summed E-state index contributed by atoms with van der Waals surface area (Å²) in [6, 6.07) is 0. The minimum Gasteiger partial charge on any atom is -0.393 e. The van der Waals surface area contributed by atoms with Crippen molar-refractivity contribution in [3.63, 3.8) is 0 Å². The first-order valence-corrected chi connectivity index (χ1v) is 5.03.